The molecule has 0 unspecified atom stereocenters. The minimum atomic E-state index is 1.18. The molecular formula is C14H16. The standard InChI is InChI=1S/C14H16/c1-3-6-12-9-11(2)10-13-7-4-5-8-14(12)13/h4-5,7-10H,3,6H2,1-2H3. The fourth-order valence-corrected chi connectivity index (χ4v) is 2.03. The molecule has 2 aromatic carbocycles. The second-order valence-corrected chi connectivity index (χ2v) is 3.90. The highest BCUT2D eigenvalue weighted by Crippen LogP contribution is 2.21. The molecule has 0 atom stereocenters. The number of hydrogen-bond donors (Lipinski definition) is 0. The average molecular weight is 184 g/mol. The Hall–Kier alpha value is -1.30. The van der Waals surface area contributed by atoms with Crippen LogP contribution in [0, 0.1) is 6.92 Å². The van der Waals surface area contributed by atoms with Gasteiger partial charge in [0.05, 0.1) is 0 Å². The van der Waals surface area contributed by atoms with Crippen molar-refractivity contribution in [3.8, 4) is 0 Å². The van der Waals surface area contributed by atoms with E-state index < -0.39 is 0 Å². The van der Waals surface area contributed by atoms with Crippen LogP contribution in [0.25, 0.3) is 10.8 Å². The van der Waals surface area contributed by atoms with Crippen LogP contribution < -0.4 is 0 Å². The predicted molar refractivity (Wildman–Crippen MR) is 62.7 cm³/mol. The van der Waals surface area contributed by atoms with Crippen molar-refractivity contribution in [2.75, 3.05) is 0 Å². The maximum atomic E-state index is 2.31. The zero-order valence-electron chi connectivity index (χ0n) is 8.88. The van der Waals surface area contributed by atoms with Gasteiger partial charge in [0.15, 0.2) is 0 Å². The lowest BCUT2D eigenvalue weighted by Crippen LogP contribution is -1.87. The molecule has 0 aliphatic rings. The first-order valence-electron chi connectivity index (χ1n) is 5.29. The maximum Gasteiger partial charge on any atom is -0.0152 e. The molecule has 0 radical (unpaired) electrons. The van der Waals surface area contributed by atoms with E-state index >= 15 is 0 Å². The Balaban J connectivity index is 2.67. The van der Waals surface area contributed by atoms with Gasteiger partial charge in [-0.05, 0) is 29.7 Å². The quantitative estimate of drug-likeness (QED) is 0.659. The summed E-state index contributed by atoms with van der Waals surface area (Å²) in [7, 11) is 0. The zero-order valence-corrected chi connectivity index (χ0v) is 8.88. The predicted octanol–water partition coefficient (Wildman–Crippen LogP) is 4.10. The summed E-state index contributed by atoms with van der Waals surface area (Å²) >= 11 is 0. The molecule has 0 fully saturated rings. The first-order chi connectivity index (χ1) is 6.81. The van der Waals surface area contributed by atoms with Crippen molar-refractivity contribution < 1.29 is 0 Å². The molecule has 0 aliphatic heterocycles. The summed E-state index contributed by atoms with van der Waals surface area (Å²) in [4.78, 5) is 0. The van der Waals surface area contributed by atoms with Crippen LogP contribution in [0.4, 0.5) is 0 Å². The number of fused-ring (bicyclic) bond motifs is 1. The Labute approximate surface area is 85.6 Å². The van der Waals surface area contributed by atoms with E-state index in [-0.39, 0.29) is 0 Å². The summed E-state index contributed by atoms with van der Waals surface area (Å²) in [6, 6.07) is 13.2. The van der Waals surface area contributed by atoms with Gasteiger partial charge in [0, 0.05) is 0 Å². The summed E-state index contributed by atoms with van der Waals surface area (Å²) in [6.45, 7) is 4.41. The highest BCUT2D eigenvalue weighted by Gasteiger charge is 2.00. The van der Waals surface area contributed by atoms with Crippen molar-refractivity contribution in [2.24, 2.45) is 0 Å². The van der Waals surface area contributed by atoms with E-state index in [2.05, 4.69) is 50.2 Å². The van der Waals surface area contributed by atoms with Gasteiger partial charge in [0.1, 0.15) is 0 Å². The largest absolute Gasteiger partial charge is 0.0651 e. The van der Waals surface area contributed by atoms with Gasteiger partial charge in [0.25, 0.3) is 0 Å². The SMILES string of the molecule is CCCc1cc(C)cc2ccccc12. The van der Waals surface area contributed by atoms with E-state index in [1.54, 1.807) is 0 Å². The number of hydrogen-bond acceptors (Lipinski definition) is 0. The van der Waals surface area contributed by atoms with E-state index in [0.29, 0.717) is 0 Å². The molecule has 0 heteroatoms. The molecule has 0 heterocycles. The lowest BCUT2D eigenvalue weighted by atomic mass is 9.99. The van der Waals surface area contributed by atoms with E-state index in [1.807, 2.05) is 0 Å². The van der Waals surface area contributed by atoms with E-state index in [9.17, 15) is 0 Å². The van der Waals surface area contributed by atoms with Gasteiger partial charge < -0.3 is 0 Å². The molecule has 0 aromatic heterocycles. The molecular weight excluding hydrogens is 168 g/mol. The van der Waals surface area contributed by atoms with E-state index in [4.69, 9.17) is 0 Å². The second-order valence-electron chi connectivity index (χ2n) is 3.90. The Bertz CT molecular complexity index is 441. The smallest absolute Gasteiger partial charge is 0.0152 e. The second kappa shape index (κ2) is 3.83. The van der Waals surface area contributed by atoms with Crippen LogP contribution in [0.5, 0.6) is 0 Å². The average Bonchev–Trinajstić information content (AvgIpc) is 2.18. The molecule has 0 spiro atoms. The maximum absolute atomic E-state index is 2.31. The third kappa shape index (κ3) is 1.65. The first kappa shape index (κ1) is 9.26. The molecule has 2 rings (SSSR count). The molecule has 0 N–H and O–H groups in total. The van der Waals surface area contributed by atoms with Crippen molar-refractivity contribution in [3.63, 3.8) is 0 Å². The highest BCUT2D eigenvalue weighted by molar-refractivity contribution is 5.86. The van der Waals surface area contributed by atoms with Gasteiger partial charge in [-0.1, -0.05) is 55.3 Å². The van der Waals surface area contributed by atoms with Crippen molar-refractivity contribution in [1.82, 2.24) is 0 Å². The number of aryl methyl sites for hydroxylation is 2. The van der Waals surface area contributed by atoms with Gasteiger partial charge in [0.2, 0.25) is 0 Å². The Morgan fingerprint density at radius 1 is 1.07 bits per heavy atom. The van der Waals surface area contributed by atoms with Gasteiger partial charge in [-0.3, -0.25) is 0 Å². The highest BCUT2D eigenvalue weighted by atomic mass is 14.0. The van der Waals surface area contributed by atoms with Crippen molar-refractivity contribution >= 4 is 10.8 Å². The van der Waals surface area contributed by atoms with Crippen molar-refractivity contribution in [1.29, 1.82) is 0 Å². The third-order valence-electron chi connectivity index (χ3n) is 2.61. The zero-order chi connectivity index (χ0) is 9.97. The molecule has 14 heavy (non-hydrogen) atoms. The first-order valence-corrected chi connectivity index (χ1v) is 5.29. The van der Waals surface area contributed by atoms with Crippen LogP contribution in [0.1, 0.15) is 24.5 Å². The van der Waals surface area contributed by atoms with E-state index in [1.165, 1.54) is 34.7 Å². The summed E-state index contributed by atoms with van der Waals surface area (Å²) in [6.07, 6.45) is 2.40. The van der Waals surface area contributed by atoms with Crippen LogP contribution in [-0.2, 0) is 6.42 Å². The summed E-state index contributed by atoms with van der Waals surface area (Å²) < 4.78 is 0. The molecule has 0 saturated heterocycles. The third-order valence-corrected chi connectivity index (χ3v) is 2.61. The normalized spacial score (nSPS) is 10.7. The Kier molecular flexibility index (Phi) is 2.53. The lowest BCUT2D eigenvalue weighted by molar-refractivity contribution is 0.928. The minimum Gasteiger partial charge on any atom is -0.0651 e. The van der Waals surface area contributed by atoms with Crippen LogP contribution in [0.3, 0.4) is 0 Å². The Morgan fingerprint density at radius 3 is 2.64 bits per heavy atom. The minimum absolute atomic E-state index is 1.18. The molecule has 0 aliphatic carbocycles. The summed E-state index contributed by atoms with van der Waals surface area (Å²) in [5, 5.41) is 2.79. The van der Waals surface area contributed by atoms with Crippen LogP contribution in [0.15, 0.2) is 36.4 Å². The molecule has 0 nitrogen and oxygen atoms in total. The van der Waals surface area contributed by atoms with Crippen LogP contribution in [0.2, 0.25) is 0 Å². The summed E-state index contributed by atoms with van der Waals surface area (Å²) in [5.41, 5.74) is 2.86. The van der Waals surface area contributed by atoms with Crippen molar-refractivity contribution in [3.05, 3.63) is 47.5 Å². The van der Waals surface area contributed by atoms with Gasteiger partial charge >= 0.3 is 0 Å². The lowest BCUT2D eigenvalue weighted by Gasteiger charge is -2.06. The number of rotatable bonds is 2. The Morgan fingerprint density at radius 2 is 1.86 bits per heavy atom. The van der Waals surface area contributed by atoms with Gasteiger partial charge in [-0.2, -0.15) is 0 Å². The van der Waals surface area contributed by atoms with Gasteiger partial charge in [-0.15, -0.1) is 0 Å². The fraction of sp³-hybridized carbons (Fsp3) is 0.286. The topological polar surface area (TPSA) is 0 Å². The monoisotopic (exact) mass is 184 g/mol. The molecule has 2 aromatic rings. The number of benzene rings is 2. The molecule has 72 valence electrons. The van der Waals surface area contributed by atoms with Crippen molar-refractivity contribution in [2.45, 2.75) is 26.7 Å². The molecule has 0 amide bonds. The van der Waals surface area contributed by atoms with Gasteiger partial charge in [-0.25, -0.2) is 0 Å². The van der Waals surface area contributed by atoms with Crippen LogP contribution >= 0.6 is 0 Å². The molecule has 0 bridgehead atoms. The fourth-order valence-electron chi connectivity index (χ4n) is 2.03. The summed E-state index contributed by atoms with van der Waals surface area (Å²) in [5.74, 6) is 0. The van der Waals surface area contributed by atoms with E-state index in [0.717, 1.165) is 0 Å². The van der Waals surface area contributed by atoms with Crippen LogP contribution in [-0.4, -0.2) is 0 Å². The molecule has 0 saturated carbocycles.